The van der Waals surface area contributed by atoms with Gasteiger partial charge in [-0.05, 0) is 12.5 Å². The Morgan fingerprint density at radius 2 is 2.10 bits per heavy atom. The topological polar surface area (TPSA) is 60.9 Å². The minimum atomic E-state index is -0.305. The van der Waals surface area contributed by atoms with E-state index < -0.39 is 0 Å². The summed E-state index contributed by atoms with van der Waals surface area (Å²) in [4.78, 5) is 27.6. The maximum atomic E-state index is 12.3. The van der Waals surface area contributed by atoms with Gasteiger partial charge in [0.1, 0.15) is 0 Å². The molecule has 1 saturated heterocycles. The Kier molecular flexibility index (Phi) is 4.96. The van der Waals surface area contributed by atoms with Crippen molar-refractivity contribution >= 4 is 11.8 Å². The van der Waals surface area contributed by atoms with Gasteiger partial charge in [-0.3, -0.25) is 9.59 Å². The van der Waals surface area contributed by atoms with Gasteiger partial charge in [0.25, 0.3) is 0 Å². The third-order valence-electron chi connectivity index (χ3n) is 4.05. The molecule has 1 aromatic carbocycles. The molecule has 0 aromatic heterocycles. The molecule has 0 spiro atoms. The third-order valence-corrected chi connectivity index (χ3v) is 4.05. The lowest BCUT2D eigenvalue weighted by Crippen LogP contribution is -2.41. The molecule has 2 atom stereocenters. The largest absolute Gasteiger partial charge is 0.394 e. The molecule has 0 unspecified atom stereocenters. The van der Waals surface area contributed by atoms with Crippen molar-refractivity contribution in [3.05, 3.63) is 35.9 Å². The van der Waals surface area contributed by atoms with Crippen molar-refractivity contribution in [2.45, 2.75) is 25.9 Å². The van der Waals surface area contributed by atoms with Crippen LogP contribution in [0, 0.1) is 5.92 Å². The molecule has 114 valence electrons. The molecule has 1 aliphatic rings. The molecule has 5 nitrogen and oxygen atoms in total. The number of carbonyl (C=O) groups excluding carboxylic acids is 2. The van der Waals surface area contributed by atoms with E-state index in [2.05, 4.69) is 0 Å². The maximum absolute atomic E-state index is 12.3. The summed E-state index contributed by atoms with van der Waals surface area (Å²) in [5.74, 6) is -0.358. The number of carbonyl (C=O) groups is 2. The van der Waals surface area contributed by atoms with E-state index in [0.29, 0.717) is 13.1 Å². The number of amides is 2. The molecule has 2 rings (SSSR count). The quantitative estimate of drug-likeness (QED) is 0.875. The average Bonchev–Trinajstić information content (AvgIpc) is 2.87. The Morgan fingerprint density at radius 1 is 1.43 bits per heavy atom. The Morgan fingerprint density at radius 3 is 2.71 bits per heavy atom. The minimum Gasteiger partial charge on any atom is -0.394 e. The number of hydrogen-bond acceptors (Lipinski definition) is 3. The standard InChI is InChI=1S/C16H22N2O3/c1-12(11-19)17(2)16(21)14-8-15(20)18(10-14)9-13-6-4-3-5-7-13/h3-7,12,14,19H,8-11H2,1-2H3/t12-,14-/m0/s1. The molecule has 1 N–H and O–H groups in total. The van der Waals surface area contributed by atoms with Crippen LogP contribution in [-0.2, 0) is 16.1 Å². The number of aliphatic hydroxyl groups excluding tert-OH is 1. The lowest BCUT2D eigenvalue weighted by Gasteiger charge is -2.26. The third kappa shape index (κ3) is 3.61. The number of hydrogen-bond donors (Lipinski definition) is 1. The zero-order valence-electron chi connectivity index (χ0n) is 12.5. The predicted octanol–water partition coefficient (Wildman–Crippen LogP) is 0.874. The summed E-state index contributed by atoms with van der Waals surface area (Å²) in [7, 11) is 1.67. The zero-order chi connectivity index (χ0) is 15.4. The van der Waals surface area contributed by atoms with E-state index in [4.69, 9.17) is 5.11 Å². The van der Waals surface area contributed by atoms with Crippen molar-refractivity contribution in [3.63, 3.8) is 0 Å². The molecular formula is C16H22N2O3. The second-order valence-electron chi connectivity index (χ2n) is 5.64. The molecule has 5 heteroatoms. The highest BCUT2D eigenvalue weighted by molar-refractivity contribution is 5.89. The van der Waals surface area contributed by atoms with Crippen LogP contribution in [0.4, 0.5) is 0 Å². The van der Waals surface area contributed by atoms with Crippen molar-refractivity contribution in [1.82, 2.24) is 9.80 Å². The van der Waals surface area contributed by atoms with Gasteiger partial charge in [-0.25, -0.2) is 0 Å². The van der Waals surface area contributed by atoms with E-state index in [1.807, 2.05) is 30.3 Å². The van der Waals surface area contributed by atoms with Gasteiger partial charge in [-0.15, -0.1) is 0 Å². The summed E-state index contributed by atoms with van der Waals surface area (Å²) >= 11 is 0. The van der Waals surface area contributed by atoms with Crippen molar-refractivity contribution in [3.8, 4) is 0 Å². The fraction of sp³-hybridized carbons (Fsp3) is 0.500. The van der Waals surface area contributed by atoms with Crippen LogP contribution in [0.25, 0.3) is 0 Å². The van der Waals surface area contributed by atoms with Crippen LogP contribution in [0.15, 0.2) is 30.3 Å². The van der Waals surface area contributed by atoms with E-state index in [1.54, 1.807) is 18.9 Å². The summed E-state index contributed by atoms with van der Waals surface area (Å²) in [6.07, 6.45) is 0.258. The maximum Gasteiger partial charge on any atom is 0.228 e. The van der Waals surface area contributed by atoms with Gasteiger partial charge in [0, 0.05) is 26.6 Å². The lowest BCUT2D eigenvalue weighted by molar-refractivity contribution is -0.137. The SMILES string of the molecule is C[C@@H](CO)N(C)C(=O)[C@H]1CC(=O)N(Cc2ccccc2)C1. The number of nitrogens with zero attached hydrogens (tertiary/aromatic N) is 2. The van der Waals surface area contributed by atoms with E-state index in [1.165, 1.54) is 4.90 Å². The number of likely N-dealkylation sites (tertiary alicyclic amines) is 1. The second kappa shape index (κ2) is 6.72. The highest BCUT2D eigenvalue weighted by Crippen LogP contribution is 2.22. The zero-order valence-corrected chi connectivity index (χ0v) is 12.5. The second-order valence-corrected chi connectivity index (χ2v) is 5.64. The molecule has 21 heavy (non-hydrogen) atoms. The van der Waals surface area contributed by atoms with Crippen molar-refractivity contribution in [2.75, 3.05) is 20.2 Å². The van der Waals surface area contributed by atoms with Crippen LogP contribution >= 0.6 is 0 Å². The van der Waals surface area contributed by atoms with E-state index in [-0.39, 0.29) is 36.8 Å². The molecule has 1 aromatic rings. The van der Waals surface area contributed by atoms with Crippen LogP contribution in [0.1, 0.15) is 18.9 Å². The first-order valence-corrected chi connectivity index (χ1v) is 7.22. The Balaban J connectivity index is 1.98. The Bertz CT molecular complexity index is 504. The molecule has 0 saturated carbocycles. The Hall–Kier alpha value is -1.88. The van der Waals surface area contributed by atoms with Crippen molar-refractivity contribution in [1.29, 1.82) is 0 Å². The fourth-order valence-electron chi connectivity index (χ4n) is 2.52. The molecule has 2 amide bonds. The summed E-state index contributed by atoms with van der Waals surface area (Å²) in [6.45, 7) is 2.71. The first-order valence-electron chi connectivity index (χ1n) is 7.22. The normalized spacial score (nSPS) is 19.7. The molecule has 0 bridgehead atoms. The van der Waals surface area contributed by atoms with Crippen molar-refractivity contribution in [2.24, 2.45) is 5.92 Å². The predicted molar refractivity (Wildman–Crippen MR) is 79.3 cm³/mol. The van der Waals surface area contributed by atoms with Crippen molar-refractivity contribution < 1.29 is 14.7 Å². The number of aliphatic hydroxyl groups is 1. The number of rotatable bonds is 5. The number of likely N-dealkylation sites (N-methyl/N-ethyl adjacent to an activating group) is 1. The van der Waals surface area contributed by atoms with Gasteiger partial charge < -0.3 is 14.9 Å². The molecule has 1 aliphatic heterocycles. The van der Waals surface area contributed by atoms with Gasteiger partial charge in [0.05, 0.1) is 18.6 Å². The fourth-order valence-corrected chi connectivity index (χ4v) is 2.52. The van der Waals surface area contributed by atoms with Crippen LogP contribution in [0.5, 0.6) is 0 Å². The molecule has 1 fully saturated rings. The van der Waals surface area contributed by atoms with E-state index >= 15 is 0 Å². The first-order chi connectivity index (χ1) is 10.0. The average molecular weight is 290 g/mol. The highest BCUT2D eigenvalue weighted by Gasteiger charge is 2.36. The Labute approximate surface area is 125 Å². The number of benzene rings is 1. The summed E-state index contributed by atoms with van der Waals surface area (Å²) < 4.78 is 0. The van der Waals surface area contributed by atoms with Gasteiger partial charge in [0.15, 0.2) is 0 Å². The van der Waals surface area contributed by atoms with E-state index in [0.717, 1.165) is 5.56 Å². The van der Waals surface area contributed by atoms with Crippen LogP contribution in [-0.4, -0.2) is 53.0 Å². The van der Waals surface area contributed by atoms with Gasteiger partial charge in [-0.2, -0.15) is 0 Å². The molecule has 0 radical (unpaired) electrons. The minimum absolute atomic E-state index is 0.0160. The highest BCUT2D eigenvalue weighted by atomic mass is 16.3. The van der Waals surface area contributed by atoms with Gasteiger partial charge in [0.2, 0.25) is 11.8 Å². The van der Waals surface area contributed by atoms with Crippen LogP contribution in [0.3, 0.4) is 0 Å². The van der Waals surface area contributed by atoms with Crippen LogP contribution in [0.2, 0.25) is 0 Å². The monoisotopic (exact) mass is 290 g/mol. The van der Waals surface area contributed by atoms with E-state index in [9.17, 15) is 9.59 Å². The summed E-state index contributed by atoms with van der Waals surface area (Å²) in [5, 5.41) is 9.12. The molecular weight excluding hydrogens is 268 g/mol. The molecule has 0 aliphatic carbocycles. The smallest absolute Gasteiger partial charge is 0.228 e. The lowest BCUT2D eigenvalue weighted by atomic mass is 10.1. The van der Waals surface area contributed by atoms with Crippen LogP contribution < -0.4 is 0 Å². The molecule has 1 heterocycles. The summed E-state index contributed by atoms with van der Waals surface area (Å²) in [6, 6.07) is 9.54. The first kappa shape index (κ1) is 15.5. The summed E-state index contributed by atoms with van der Waals surface area (Å²) in [5.41, 5.74) is 1.07. The van der Waals surface area contributed by atoms with Gasteiger partial charge in [-0.1, -0.05) is 30.3 Å². The van der Waals surface area contributed by atoms with Gasteiger partial charge >= 0.3 is 0 Å².